The summed E-state index contributed by atoms with van der Waals surface area (Å²) >= 11 is 5.89. The van der Waals surface area contributed by atoms with Crippen LogP contribution in [0.3, 0.4) is 0 Å². The molecule has 1 aliphatic heterocycles. The summed E-state index contributed by atoms with van der Waals surface area (Å²) in [7, 11) is 0. The minimum atomic E-state index is -0.518. The van der Waals surface area contributed by atoms with Crippen LogP contribution in [-0.2, 0) is 4.79 Å². The molecule has 1 aromatic rings. The average Bonchev–Trinajstić information content (AvgIpc) is 2.96. The van der Waals surface area contributed by atoms with Gasteiger partial charge in [0.05, 0.1) is 0 Å². The molecule has 5 heteroatoms. The fraction of sp³-hybridized carbons (Fsp3) is 0.562. The van der Waals surface area contributed by atoms with Crippen molar-refractivity contribution in [1.82, 2.24) is 10.2 Å². The van der Waals surface area contributed by atoms with E-state index >= 15 is 0 Å². The van der Waals surface area contributed by atoms with Gasteiger partial charge in [0.25, 0.3) is 5.91 Å². The van der Waals surface area contributed by atoms with E-state index in [0.29, 0.717) is 17.3 Å². The maximum atomic E-state index is 11.9. The first-order chi connectivity index (χ1) is 10.1. The van der Waals surface area contributed by atoms with E-state index in [9.17, 15) is 4.79 Å². The summed E-state index contributed by atoms with van der Waals surface area (Å²) in [5.74, 6) is 0.526. The summed E-state index contributed by atoms with van der Waals surface area (Å²) < 4.78 is 5.58. The first-order valence-corrected chi connectivity index (χ1v) is 7.95. The van der Waals surface area contributed by atoms with Crippen molar-refractivity contribution < 1.29 is 9.53 Å². The van der Waals surface area contributed by atoms with Crippen LogP contribution in [0.5, 0.6) is 5.75 Å². The van der Waals surface area contributed by atoms with Crippen LogP contribution < -0.4 is 10.1 Å². The molecule has 1 aromatic carbocycles. The number of halogens is 1. The molecule has 0 aliphatic carbocycles. The number of carbonyl (C=O) groups is 1. The first kappa shape index (κ1) is 16.1. The van der Waals surface area contributed by atoms with Gasteiger partial charge in [-0.2, -0.15) is 0 Å². The maximum Gasteiger partial charge on any atom is 0.260 e. The lowest BCUT2D eigenvalue weighted by atomic mass is 10.3. The number of likely N-dealkylation sites (tertiary alicyclic amines) is 1. The van der Waals surface area contributed by atoms with Crippen LogP contribution in [0.2, 0.25) is 5.02 Å². The maximum absolute atomic E-state index is 11.9. The van der Waals surface area contributed by atoms with E-state index < -0.39 is 6.10 Å². The highest BCUT2D eigenvalue weighted by atomic mass is 35.5. The molecule has 1 aliphatic rings. The number of hydrogen-bond donors (Lipinski definition) is 1. The third-order valence-electron chi connectivity index (χ3n) is 3.63. The molecular formula is C16H23ClN2O2. The molecule has 1 atom stereocenters. The Balaban J connectivity index is 1.65. The zero-order valence-corrected chi connectivity index (χ0v) is 13.2. The zero-order valence-electron chi connectivity index (χ0n) is 12.5. The zero-order chi connectivity index (χ0) is 15.1. The Bertz CT molecular complexity index is 461. The van der Waals surface area contributed by atoms with Crippen LogP contribution in [0, 0.1) is 0 Å². The fourth-order valence-corrected chi connectivity index (χ4v) is 2.64. The molecule has 0 saturated carbocycles. The summed E-state index contributed by atoms with van der Waals surface area (Å²) in [6.07, 6.45) is 3.07. The summed E-state index contributed by atoms with van der Waals surface area (Å²) in [5.41, 5.74) is 0. The van der Waals surface area contributed by atoms with Crippen molar-refractivity contribution in [3.05, 3.63) is 29.3 Å². The monoisotopic (exact) mass is 310 g/mol. The highest BCUT2D eigenvalue weighted by Crippen LogP contribution is 2.18. The highest BCUT2D eigenvalue weighted by molar-refractivity contribution is 6.30. The predicted molar refractivity (Wildman–Crippen MR) is 84.8 cm³/mol. The normalized spacial score (nSPS) is 16.7. The minimum absolute atomic E-state index is 0.0867. The first-order valence-electron chi connectivity index (χ1n) is 7.57. The van der Waals surface area contributed by atoms with E-state index in [2.05, 4.69) is 10.2 Å². The van der Waals surface area contributed by atoms with Crippen LogP contribution in [0.25, 0.3) is 0 Å². The van der Waals surface area contributed by atoms with Crippen LogP contribution in [0.1, 0.15) is 26.2 Å². The molecule has 116 valence electrons. The van der Waals surface area contributed by atoms with E-state index in [4.69, 9.17) is 16.3 Å². The van der Waals surface area contributed by atoms with Gasteiger partial charge in [-0.3, -0.25) is 4.79 Å². The van der Waals surface area contributed by atoms with Crippen molar-refractivity contribution in [3.8, 4) is 5.75 Å². The topological polar surface area (TPSA) is 41.6 Å². The number of nitrogens with zero attached hydrogens (tertiary/aromatic N) is 1. The van der Waals surface area contributed by atoms with E-state index in [0.717, 1.165) is 13.0 Å². The van der Waals surface area contributed by atoms with Crippen molar-refractivity contribution in [2.24, 2.45) is 0 Å². The standard InChI is InChI=1S/C16H23ClN2O2/c1-13(21-15-7-4-6-14(17)12-15)16(20)18-8-5-11-19-9-2-3-10-19/h4,6-7,12-13H,2-3,5,8-11H2,1H3,(H,18,20)/t13-/m0/s1. The van der Waals surface area contributed by atoms with Crippen molar-refractivity contribution in [1.29, 1.82) is 0 Å². The summed E-state index contributed by atoms with van der Waals surface area (Å²) in [5, 5.41) is 3.52. The molecule has 1 amide bonds. The van der Waals surface area contributed by atoms with Crippen molar-refractivity contribution in [2.45, 2.75) is 32.3 Å². The van der Waals surface area contributed by atoms with E-state index in [1.165, 1.54) is 25.9 Å². The van der Waals surface area contributed by atoms with Crippen LogP contribution >= 0.6 is 11.6 Å². The SMILES string of the molecule is C[C@H](Oc1cccc(Cl)c1)C(=O)NCCCN1CCCC1. The largest absolute Gasteiger partial charge is 0.481 e. The number of nitrogens with one attached hydrogen (secondary N) is 1. The van der Waals surface area contributed by atoms with Crippen molar-refractivity contribution >= 4 is 17.5 Å². The molecule has 0 spiro atoms. The number of amides is 1. The molecule has 2 rings (SSSR count). The molecule has 4 nitrogen and oxygen atoms in total. The molecule has 1 N–H and O–H groups in total. The average molecular weight is 311 g/mol. The Hall–Kier alpha value is -1.26. The number of benzene rings is 1. The van der Waals surface area contributed by atoms with Crippen molar-refractivity contribution in [2.75, 3.05) is 26.2 Å². The molecule has 0 unspecified atom stereocenters. The van der Waals surface area contributed by atoms with Crippen molar-refractivity contribution in [3.63, 3.8) is 0 Å². The molecule has 1 heterocycles. The minimum Gasteiger partial charge on any atom is -0.481 e. The van der Waals surface area contributed by atoms with Gasteiger partial charge in [-0.25, -0.2) is 0 Å². The number of carbonyl (C=O) groups excluding carboxylic acids is 1. The molecule has 0 aromatic heterocycles. The summed E-state index contributed by atoms with van der Waals surface area (Å²) in [4.78, 5) is 14.4. The Morgan fingerprint density at radius 3 is 2.90 bits per heavy atom. The third-order valence-corrected chi connectivity index (χ3v) is 3.86. The van der Waals surface area contributed by atoms with Gasteiger partial charge in [0, 0.05) is 11.6 Å². The Kier molecular flexibility index (Phi) is 6.33. The van der Waals surface area contributed by atoms with E-state index in [1.54, 1.807) is 31.2 Å². The smallest absolute Gasteiger partial charge is 0.260 e. The van der Waals surface area contributed by atoms with Crippen LogP contribution in [0.4, 0.5) is 0 Å². The number of rotatable bonds is 7. The fourth-order valence-electron chi connectivity index (χ4n) is 2.46. The van der Waals surface area contributed by atoms with Crippen LogP contribution in [-0.4, -0.2) is 43.1 Å². The quantitative estimate of drug-likeness (QED) is 0.787. The lowest BCUT2D eigenvalue weighted by Gasteiger charge is -2.16. The molecular weight excluding hydrogens is 288 g/mol. The molecule has 0 radical (unpaired) electrons. The Labute approximate surface area is 131 Å². The van der Waals surface area contributed by atoms with Gasteiger partial charge in [0.1, 0.15) is 5.75 Å². The number of ether oxygens (including phenoxy) is 1. The second-order valence-corrected chi connectivity index (χ2v) is 5.85. The second-order valence-electron chi connectivity index (χ2n) is 5.41. The highest BCUT2D eigenvalue weighted by Gasteiger charge is 2.15. The summed E-state index contributed by atoms with van der Waals surface area (Å²) in [6, 6.07) is 7.08. The van der Waals surface area contributed by atoms with Gasteiger partial charge in [-0.15, -0.1) is 0 Å². The predicted octanol–water partition coefficient (Wildman–Crippen LogP) is 2.71. The lowest BCUT2D eigenvalue weighted by molar-refractivity contribution is -0.127. The second kappa shape index (κ2) is 8.25. The lowest BCUT2D eigenvalue weighted by Crippen LogP contribution is -2.37. The van der Waals surface area contributed by atoms with E-state index in [1.807, 2.05) is 0 Å². The molecule has 21 heavy (non-hydrogen) atoms. The molecule has 0 bridgehead atoms. The van der Waals surface area contributed by atoms with Gasteiger partial charge in [-0.05, 0) is 64.0 Å². The van der Waals surface area contributed by atoms with Gasteiger partial charge in [0.15, 0.2) is 6.10 Å². The number of hydrogen-bond acceptors (Lipinski definition) is 3. The Morgan fingerprint density at radius 1 is 1.43 bits per heavy atom. The molecule has 1 fully saturated rings. The van der Waals surface area contributed by atoms with Gasteiger partial charge < -0.3 is 15.0 Å². The Morgan fingerprint density at radius 2 is 2.19 bits per heavy atom. The van der Waals surface area contributed by atoms with Gasteiger partial charge in [0.2, 0.25) is 0 Å². The summed E-state index contributed by atoms with van der Waals surface area (Å²) in [6.45, 7) is 5.89. The van der Waals surface area contributed by atoms with Gasteiger partial charge in [-0.1, -0.05) is 17.7 Å². The van der Waals surface area contributed by atoms with Crippen LogP contribution in [0.15, 0.2) is 24.3 Å². The third kappa shape index (κ3) is 5.56. The van der Waals surface area contributed by atoms with Gasteiger partial charge >= 0.3 is 0 Å². The molecule has 1 saturated heterocycles. The van der Waals surface area contributed by atoms with E-state index in [-0.39, 0.29) is 5.91 Å².